The molecule has 3 amide bonds. The van der Waals surface area contributed by atoms with Gasteiger partial charge in [0.05, 0.1) is 36.2 Å². The van der Waals surface area contributed by atoms with Gasteiger partial charge < -0.3 is 19.9 Å². The topological polar surface area (TPSA) is 135 Å². The monoisotopic (exact) mass is 516 g/mol. The molecule has 2 aliphatic heterocycles. The minimum Gasteiger partial charge on any atom is -0.390 e. The van der Waals surface area contributed by atoms with Crippen LogP contribution in [-0.2, 0) is 20.8 Å². The summed E-state index contributed by atoms with van der Waals surface area (Å²) in [6.07, 6.45) is 5.40. The summed E-state index contributed by atoms with van der Waals surface area (Å²) in [7, 11) is 0. The molecule has 0 aliphatic carbocycles. The molecule has 5 rings (SSSR count). The Morgan fingerprint density at radius 2 is 1.92 bits per heavy atom. The number of amides is 3. The first kappa shape index (κ1) is 25.2. The van der Waals surface area contributed by atoms with Crippen LogP contribution in [0.4, 0.5) is 4.79 Å². The van der Waals surface area contributed by atoms with Crippen molar-refractivity contribution in [1.29, 1.82) is 0 Å². The number of pyridine rings is 1. The van der Waals surface area contributed by atoms with Gasteiger partial charge in [-0.25, -0.2) is 14.8 Å². The Labute approximate surface area is 219 Å². The first-order valence-electron chi connectivity index (χ1n) is 12.7. The number of nitrogens with zero attached hydrogens (tertiary/aromatic N) is 5. The Morgan fingerprint density at radius 1 is 1.11 bits per heavy atom. The molecule has 0 saturated carbocycles. The molecule has 3 aromatic rings. The van der Waals surface area contributed by atoms with Gasteiger partial charge in [-0.15, -0.1) is 0 Å². The van der Waals surface area contributed by atoms with E-state index in [-0.39, 0.29) is 42.5 Å². The summed E-state index contributed by atoms with van der Waals surface area (Å²) in [6.45, 7) is 2.19. The van der Waals surface area contributed by atoms with Crippen LogP contribution in [0.15, 0.2) is 55.0 Å². The zero-order valence-corrected chi connectivity index (χ0v) is 20.9. The number of aromatic nitrogens is 3. The molecule has 1 aromatic carbocycles. The van der Waals surface area contributed by atoms with E-state index >= 15 is 0 Å². The molecule has 2 saturated heterocycles. The highest BCUT2D eigenvalue weighted by Crippen LogP contribution is 2.31. The zero-order chi connectivity index (χ0) is 26.6. The number of rotatable bonds is 7. The largest absolute Gasteiger partial charge is 0.414 e. The SMILES string of the molecule is CCCC(NC(=O)Oc1cnc2ccccc2n1)C(=O)N1CCC2C1C(=O)CN2C(=O)Cc1cccnc1. The van der Waals surface area contributed by atoms with Gasteiger partial charge in [0.15, 0.2) is 5.78 Å². The maximum absolute atomic E-state index is 13.5. The van der Waals surface area contributed by atoms with Crippen LogP contribution in [0, 0.1) is 0 Å². The number of carbonyl (C=O) groups is 4. The van der Waals surface area contributed by atoms with Crippen molar-refractivity contribution in [1.82, 2.24) is 30.1 Å². The third-order valence-electron chi connectivity index (χ3n) is 6.90. The third-order valence-corrected chi connectivity index (χ3v) is 6.90. The highest BCUT2D eigenvalue weighted by molar-refractivity contribution is 5.99. The Balaban J connectivity index is 1.24. The lowest BCUT2D eigenvalue weighted by atomic mass is 10.1. The molecule has 0 bridgehead atoms. The van der Waals surface area contributed by atoms with Crippen molar-refractivity contribution in [2.45, 2.75) is 50.7 Å². The van der Waals surface area contributed by atoms with Gasteiger partial charge in [-0.1, -0.05) is 31.5 Å². The molecular formula is C27H28N6O5. The fourth-order valence-electron chi connectivity index (χ4n) is 5.17. The van der Waals surface area contributed by atoms with E-state index < -0.39 is 18.2 Å². The van der Waals surface area contributed by atoms with E-state index in [1.54, 1.807) is 41.6 Å². The van der Waals surface area contributed by atoms with E-state index in [1.807, 2.05) is 19.1 Å². The van der Waals surface area contributed by atoms with Crippen molar-refractivity contribution < 1.29 is 23.9 Å². The predicted octanol–water partition coefficient (Wildman–Crippen LogP) is 1.91. The minimum absolute atomic E-state index is 0.0128. The summed E-state index contributed by atoms with van der Waals surface area (Å²) in [6, 6.07) is 8.78. The maximum atomic E-state index is 13.5. The second-order valence-electron chi connectivity index (χ2n) is 9.43. The minimum atomic E-state index is -0.882. The van der Waals surface area contributed by atoms with Crippen LogP contribution in [0.1, 0.15) is 31.7 Å². The quantitative estimate of drug-likeness (QED) is 0.503. The number of hydrogen-bond donors (Lipinski definition) is 1. The van der Waals surface area contributed by atoms with E-state index in [0.717, 1.165) is 5.56 Å². The van der Waals surface area contributed by atoms with Crippen LogP contribution in [0.5, 0.6) is 5.88 Å². The van der Waals surface area contributed by atoms with Gasteiger partial charge in [0.25, 0.3) is 0 Å². The first-order valence-corrected chi connectivity index (χ1v) is 12.7. The average Bonchev–Trinajstić information content (AvgIpc) is 3.50. The molecule has 0 radical (unpaired) electrons. The van der Waals surface area contributed by atoms with Gasteiger partial charge in [-0.3, -0.25) is 19.4 Å². The predicted molar refractivity (Wildman–Crippen MR) is 136 cm³/mol. The molecule has 4 heterocycles. The van der Waals surface area contributed by atoms with E-state index in [2.05, 4.69) is 20.3 Å². The summed E-state index contributed by atoms with van der Waals surface area (Å²) in [4.78, 5) is 67.7. The van der Waals surface area contributed by atoms with E-state index in [9.17, 15) is 19.2 Å². The van der Waals surface area contributed by atoms with Crippen LogP contribution in [-0.4, -0.2) is 79.7 Å². The summed E-state index contributed by atoms with van der Waals surface area (Å²) >= 11 is 0. The maximum Gasteiger partial charge on any atom is 0.414 e. The molecule has 38 heavy (non-hydrogen) atoms. The molecule has 3 unspecified atom stereocenters. The zero-order valence-electron chi connectivity index (χ0n) is 20.9. The third kappa shape index (κ3) is 5.17. The molecule has 2 aromatic heterocycles. The van der Waals surface area contributed by atoms with E-state index in [0.29, 0.717) is 36.8 Å². The highest BCUT2D eigenvalue weighted by Gasteiger charge is 2.52. The van der Waals surface area contributed by atoms with Crippen molar-refractivity contribution in [3.8, 4) is 5.88 Å². The fourth-order valence-corrected chi connectivity index (χ4v) is 5.17. The van der Waals surface area contributed by atoms with Gasteiger partial charge in [0.2, 0.25) is 17.7 Å². The Morgan fingerprint density at radius 3 is 2.68 bits per heavy atom. The molecule has 1 N–H and O–H groups in total. The number of hydrogen-bond acceptors (Lipinski definition) is 8. The molecular weight excluding hydrogens is 488 g/mol. The number of benzene rings is 1. The standard InChI is InChI=1S/C27H28N6O5/c1-2-6-20(31-27(37)38-23-15-29-18-8-3-4-9-19(18)30-23)26(36)32-12-10-21-25(32)22(34)16-33(21)24(35)13-17-7-5-11-28-14-17/h3-5,7-9,11,14-15,20-21,25H,2,6,10,12-13,16H2,1H3,(H,31,37). The second-order valence-corrected chi connectivity index (χ2v) is 9.43. The van der Waals surface area contributed by atoms with Crippen molar-refractivity contribution in [3.05, 3.63) is 60.6 Å². The number of nitrogens with one attached hydrogen (secondary N) is 1. The van der Waals surface area contributed by atoms with Crippen molar-refractivity contribution in [2.75, 3.05) is 13.1 Å². The number of para-hydroxylation sites is 2. The molecule has 196 valence electrons. The fraction of sp³-hybridized carbons (Fsp3) is 0.370. The average molecular weight is 517 g/mol. The van der Waals surface area contributed by atoms with Gasteiger partial charge in [-0.05, 0) is 36.6 Å². The van der Waals surface area contributed by atoms with Gasteiger partial charge in [-0.2, -0.15) is 0 Å². The number of fused-ring (bicyclic) bond motifs is 2. The normalized spacial score (nSPS) is 19.3. The van der Waals surface area contributed by atoms with Crippen molar-refractivity contribution in [3.63, 3.8) is 0 Å². The number of ether oxygens (including phenoxy) is 1. The van der Waals surface area contributed by atoms with Crippen LogP contribution < -0.4 is 10.1 Å². The highest BCUT2D eigenvalue weighted by atomic mass is 16.6. The lowest BCUT2D eigenvalue weighted by Gasteiger charge is -2.28. The Hall–Kier alpha value is -4.41. The van der Waals surface area contributed by atoms with Crippen LogP contribution in [0.25, 0.3) is 11.0 Å². The van der Waals surface area contributed by atoms with Gasteiger partial charge in [0.1, 0.15) is 12.1 Å². The summed E-state index contributed by atoms with van der Waals surface area (Å²) < 4.78 is 5.31. The molecule has 2 fully saturated rings. The smallest absolute Gasteiger partial charge is 0.390 e. The number of likely N-dealkylation sites (tertiary alicyclic amines) is 2. The Bertz CT molecular complexity index is 1370. The van der Waals surface area contributed by atoms with E-state index in [4.69, 9.17) is 4.74 Å². The van der Waals surface area contributed by atoms with Crippen molar-refractivity contribution in [2.24, 2.45) is 0 Å². The first-order chi connectivity index (χ1) is 18.4. The van der Waals surface area contributed by atoms with Gasteiger partial charge >= 0.3 is 6.09 Å². The van der Waals surface area contributed by atoms with Crippen LogP contribution >= 0.6 is 0 Å². The lowest BCUT2D eigenvalue weighted by Crippen LogP contribution is -2.53. The second kappa shape index (κ2) is 10.9. The lowest BCUT2D eigenvalue weighted by molar-refractivity contribution is -0.138. The summed E-state index contributed by atoms with van der Waals surface area (Å²) in [5, 5.41) is 2.63. The molecule has 0 spiro atoms. The molecule has 3 atom stereocenters. The molecule has 11 heteroatoms. The van der Waals surface area contributed by atoms with Gasteiger partial charge in [0, 0.05) is 18.9 Å². The van der Waals surface area contributed by atoms with E-state index in [1.165, 1.54) is 11.1 Å². The summed E-state index contributed by atoms with van der Waals surface area (Å²) in [5.74, 6) is -0.698. The number of carbonyl (C=O) groups excluding carboxylic acids is 4. The van der Waals surface area contributed by atoms with Crippen molar-refractivity contribution >= 4 is 34.7 Å². The molecule has 11 nitrogen and oxygen atoms in total. The number of Topliss-reactive ketones (excluding diaryl/α,β-unsaturated/α-hetero) is 1. The van der Waals surface area contributed by atoms with Crippen LogP contribution in [0.3, 0.4) is 0 Å². The number of ketones is 1. The Kier molecular flexibility index (Phi) is 7.25. The summed E-state index contributed by atoms with van der Waals surface area (Å²) in [5.41, 5.74) is 2.00. The molecule has 2 aliphatic rings. The van der Waals surface area contributed by atoms with Crippen LogP contribution in [0.2, 0.25) is 0 Å².